The number of carbonyl (C=O) groups is 2. The molecule has 0 saturated heterocycles. The minimum atomic E-state index is -0.802. The summed E-state index contributed by atoms with van der Waals surface area (Å²) in [5.41, 5.74) is 4.48. The molecule has 0 aliphatic rings. The largest absolute Gasteiger partial charge is 0.494 e. The van der Waals surface area contributed by atoms with Crippen molar-refractivity contribution in [2.75, 3.05) is 44.1 Å². The van der Waals surface area contributed by atoms with Crippen molar-refractivity contribution in [3.63, 3.8) is 0 Å². The van der Waals surface area contributed by atoms with Crippen LogP contribution in [0.25, 0.3) is 0 Å². The second-order valence-electron chi connectivity index (χ2n) is 7.46. The van der Waals surface area contributed by atoms with Crippen molar-refractivity contribution in [2.45, 2.75) is 39.2 Å². The van der Waals surface area contributed by atoms with Gasteiger partial charge in [-0.3, -0.25) is 28.8 Å². The van der Waals surface area contributed by atoms with Gasteiger partial charge >= 0.3 is 11.7 Å². The van der Waals surface area contributed by atoms with E-state index in [2.05, 4.69) is 4.98 Å². The fourth-order valence-corrected chi connectivity index (χ4v) is 3.14. The van der Waals surface area contributed by atoms with Gasteiger partial charge in [-0.15, -0.1) is 0 Å². The Kier molecular flexibility index (Phi) is 10.8. The van der Waals surface area contributed by atoms with E-state index < -0.39 is 29.7 Å². The fourth-order valence-electron chi connectivity index (χ4n) is 3.14. The monoisotopic (exact) mass is 476 g/mol. The van der Waals surface area contributed by atoms with Crippen LogP contribution in [0.1, 0.15) is 32.6 Å². The Morgan fingerprint density at radius 1 is 1.12 bits per heavy atom. The molecule has 1 aromatic heterocycles. The van der Waals surface area contributed by atoms with Crippen LogP contribution in [-0.4, -0.2) is 54.9 Å². The molecule has 2 aromatic rings. The van der Waals surface area contributed by atoms with Crippen molar-refractivity contribution < 1.29 is 23.8 Å². The maximum atomic E-state index is 12.9. The molecule has 1 heterocycles. The number of ether oxygens (including phenoxy) is 3. The average Bonchev–Trinajstić information content (AvgIpc) is 2.82. The van der Waals surface area contributed by atoms with Gasteiger partial charge in [0.25, 0.3) is 11.5 Å². The van der Waals surface area contributed by atoms with Crippen molar-refractivity contribution in [1.82, 2.24) is 9.55 Å². The van der Waals surface area contributed by atoms with Gasteiger partial charge in [0.1, 0.15) is 11.6 Å². The van der Waals surface area contributed by atoms with Crippen LogP contribution in [0.5, 0.6) is 5.75 Å². The lowest BCUT2D eigenvalue weighted by Gasteiger charge is -2.24. The van der Waals surface area contributed by atoms with Crippen molar-refractivity contribution in [3.8, 4) is 5.75 Å². The first-order valence-electron chi connectivity index (χ1n) is 11.1. The highest BCUT2D eigenvalue weighted by Gasteiger charge is 2.25. The second kappa shape index (κ2) is 13.8. The lowest BCUT2D eigenvalue weighted by Crippen LogP contribution is -2.44. The van der Waals surface area contributed by atoms with Gasteiger partial charge in [-0.05, 0) is 25.0 Å². The number of rotatable bonds is 14. The Labute approximate surface area is 197 Å². The first-order valence-corrected chi connectivity index (χ1v) is 11.1. The van der Waals surface area contributed by atoms with Crippen LogP contribution in [0.2, 0.25) is 0 Å². The van der Waals surface area contributed by atoms with Crippen LogP contribution in [-0.2, 0) is 25.6 Å². The van der Waals surface area contributed by atoms with E-state index in [1.807, 2.05) is 37.3 Å². The number of nitrogens with zero attached hydrogens (tertiary/aromatic N) is 2. The van der Waals surface area contributed by atoms with Gasteiger partial charge in [0, 0.05) is 26.6 Å². The van der Waals surface area contributed by atoms with E-state index in [1.165, 1.54) is 11.7 Å². The van der Waals surface area contributed by atoms with Crippen molar-refractivity contribution >= 4 is 23.4 Å². The van der Waals surface area contributed by atoms with E-state index in [1.54, 1.807) is 0 Å². The first-order chi connectivity index (χ1) is 16.4. The molecule has 2 rings (SSSR count). The lowest BCUT2D eigenvalue weighted by molar-refractivity contribution is -0.148. The summed E-state index contributed by atoms with van der Waals surface area (Å²) in [5.74, 6) is -0.672. The van der Waals surface area contributed by atoms with Gasteiger partial charge < -0.3 is 19.9 Å². The number of nitrogens with two attached hydrogens (primary N) is 1. The standard InChI is InChI=1S/C23H32N4O7/c1-3-4-12-27-21(24)20(22(30)25-23(27)31)26(13-15-32-2)18(28)16-34-19(29)11-8-14-33-17-9-6-5-7-10-17/h5-7,9-10H,3-4,8,11-16,24H2,1-2H3,(H,25,30,31). The van der Waals surface area contributed by atoms with E-state index in [0.29, 0.717) is 25.2 Å². The van der Waals surface area contributed by atoms with Gasteiger partial charge in [0.2, 0.25) is 0 Å². The van der Waals surface area contributed by atoms with Crippen LogP contribution >= 0.6 is 0 Å². The number of aromatic nitrogens is 2. The summed E-state index contributed by atoms with van der Waals surface area (Å²) in [7, 11) is 1.44. The predicted octanol–water partition coefficient (Wildman–Crippen LogP) is 1.30. The van der Waals surface area contributed by atoms with Gasteiger partial charge in [-0.1, -0.05) is 31.5 Å². The third kappa shape index (κ3) is 7.77. The summed E-state index contributed by atoms with van der Waals surface area (Å²) in [6.45, 7) is 2.05. The molecule has 0 bridgehead atoms. The molecule has 11 nitrogen and oxygen atoms in total. The van der Waals surface area contributed by atoms with E-state index in [9.17, 15) is 19.2 Å². The van der Waals surface area contributed by atoms with Gasteiger partial charge in [0.05, 0.1) is 13.2 Å². The maximum Gasteiger partial charge on any atom is 0.330 e. The number of nitrogens with one attached hydrogen (secondary N) is 1. The number of benzene rings is 1. The highest BCUT2D eigenvalue weighted by atomic mass is 16.5. The SMILES string of the molecule is CCCCn1c(N)c(N(CCOC)C(=O)COC(=O)CCCOc2ccccc2)c(=O)[nH]c1=O. The first kappa shape index (κ1) is 26.7. The number of amides is 1. The van der Waals surface area contributed by atoms with Crippen molar-refractivity contribution in [3.05, 3.63) is 51.2 Å². The van der Waals surface area contributed by atoms with E-state index in [0.717, 1.165) is 11.3 Å². The van der Waals surface area contributed by atoms with E-state index >= 15 is 0 Å². The number of esters is 1. The summed E-state index contributed by atoms with van der Waals surface area (Å²) in [4.78, 5) is 52.9. The average molecular weight is 477 g/mol. The Balaban J connectivity index is 2.02. The van der Waals surface area contributed by atoms with Gasteiger partial charge in [-0.2, -0.15) is 0 Å². The number of para-hydroxylation sites is 1. The highest BCUT2D eigenvalue weighted by molar-refractivity contribution is 5.97. The number of hydrogen-bond donors (Lipinski definition) is 2. The van der Waals surface area contributed by atoms with Crippen molar-refractivity contribution in [1.29, 1.82) is 0 Å². The third-order valence-corrected chi connectivity index (χ3v) is 4.93. The molecule has 1 amide bonds. The molecule has 0 aliphatic heterocycles. The summed E-state index contributed by atoms with van der Waals surface area (Å²) in [5, 5.41) is 0. The number of anilines is 2. The molecule has 0 spiro atoms. The number of H-pyrrole nitrogens is 1. The van der Waals surface area contributed by atoms with E-state index in [-0.39, 0.29) is 37.6 Å². The third-order valence-electron chi connectivity index (χ3n) is 4.93. The highest BCUT2D eigenvalue weighted by Crippen LogP contribution is 2.17. The summed E-state index contributed by atoms with van der Waals surface area (Å²) < 4.78 is 16.9. The predicted molar refractivity (Wildman–Crippen MR) is 127 cm³/mol. The molecule has 0 radical (unpaired) electrons. The number of methoxy groups -OCH3 is 1. The van der Waals surface area contributed by atoms with Gasteiger partial charge in [0.15, 0.2) is 12.3 Å². The van der Waals surface area contributed by atoms with Crippen LogP contribution in [0.15, 0.2) is 39.9 Å². The molecule has 3 N–H and O–H groups in total. The molecular weight excluding hydrogens is 444 g/mol. The fraction of sp³-hybridized carbons (Fsp3) is 0.478. The molecule has 0 aliphatic carbocycles. The molecular formula is C23H32N4O7. The van der Waals surface area contributed by atoms with Gasteiger partial charge in [-0.25, -0.2) is 4.79 Å². The maximum absolute atomic E-state index is 12.9. The van der Waals surface area contributed by atoms with E-state index in [4.69, 9.17) is 19.9 Å². The zero-order chi connectivity index (χ0) is 24.9. The molecule has 34 heavy (non-hydrogen) atoms. The number of carbonyl (C=O) groups excluding carboxylic acids is 2. The normalized spacial score (nSPS) is 10.6. The molecule has 11 heteroatoms. The molecule has 0 atom stereocenters. The lowest BCUT2D eigenvalue weighted by atomic mass is 10.3. The Bertz CT molecular complexity index is 1050. The molecule has 0 fully saturated rings. The Morgan fingerprint density at radius 2 is 1.85 bits per heavy atom. The Hall–Kier alpha value is -3.60. The Morgan fingerprint density at radius 3 is 2.53 bits per heavy atom. The number of unbranched alkanes of at least 4 members (excludes halogenated alkanes) is 1. The molecule has 0 saturated carbocycles. The smallest absolute Gasteiger partial charge is 0.330 e. The molecule has 1 aromatic carbocycles. The minimum Gasteiger partial charge on any atom is -0.494 e. The van der Waals surface area contributed by atoms with Crippen LogP contribution in [0.3, 0.4) is 0 Å². The number of nitrogen functional groups attached to an aromatic ring is 1. The molecule has 186 valence electrons. The summed E-state index contributed by atoms with van der Waals surface area (Å²) >= 11 is 0. The minimum absolute atomic E-state index is 0.0168. The molecule has 0 unspecified atom stereocenters. The quantitative estimate of drug-likeness (QED) is 0.306. The zero-order valence-corrected chi connectivity index (χ0v) is 19.6. The number of hydrogen-bond acceptors (Lipinski definition) is 8. The summed E-state index contributed by atoms with van der Waals surface area (Å²) in [6.07, 6.45) is 1.93. The van der Waals surface area contributed by atoms with Crippen LogP contribution in [0.4, 0.5) is 11.5 Å². The number of aromatic amines is 1. The van der Waals surface area contributed by atoms with Crippen LogP contribution in [0, 0.1) is 0 Å². The van der Waals surface area contributed by atoms with Crippen molar-refractivity contribution in [2.24, 2.45) is 0 Å². The summed E-state index contributed by atoms with van der Waals surface area (Å²) in [6, 6.07) is 9.18. The second-order valence-corrected chi connectivity index (χ2v) is 7.46. The zero-order valence-electron chi connectivity index (χ0n) is 19.6. The van der Waals surface area contributed by atoms with Crippen LogP contribution < -0.4 is 26.6 Å². The topological polar surface area (TPSA) is 146 Å².